The van der Waals surface area contributed by atoms with Crippen molar-refractivity contribution >= 4 is 35.0 Å². The van der Waals surface area contributed by atoms with E-state index in [0.717, 1.165) is 0 Å². The van der Waals surface area contributed by atoms with E-state index in [0.29, 0.717) is 38.8 Å². The van der Waals surface area contributed by atoms with Gasteiger partial charge in [-0.05, 0) is 24.3 Å². The second-order valence-corrected chi connectivity index (χ2v) is 6.91. The maximum absolute atomic E-state index is 12.3. The molecule has 0 atom stereocenters. The van der Waals surface area contributed by atoms with Crippen LogP contribution in [0.25, 0.3) is 11.4 Å². The summed E-state index contributed by atoms with van der Waals surface area (Å²) in [6.07, 6.45) is 0. The number of carbonyl (C=O) groups excluding carboxylic acids is 1. The molecule has 146 valence electrons. The fourth-order valence-corrected chi connectivity index (χ4v) is 3.32. The van der Waals surface area contributed by atoms with E-state index < -0.39 is 0 Å². The highest BCUT2D eigenvalue weighted by molar-refractivity contribution is 7.99. The molecule has 28 heavy (non-hydrogen) atoms. The third-order valence-electron chi connectivity index (χ3n) is 3.78. The number of rotatable bonds is 7. The van der Waals surface area contributed by atoms with E-state index in [9.17, 15) is 4.79 Å². The fraction of sp³-hybridized carbons (Fsp3) is 0.167. The monoisotopic (exact) mass is 419 g/mol. The van der Waals surface area contributed by atoms with Crippen LogP contribution in [0, 0.1) is 0 Å². The van der Waals surface area contributed by atoms with Crippen LogP contribution in [0.15, 0.2) is 47.6 Å². The van der Waals surface area contributed by atoms with Gasteiger partial charge in [-0.3, -0.25) is 4.79 Å². The first-order chi connectivity index (χ1) is 13.5. The Balaban J connectivity index is 1.65. The zero-order chi connectivity index (χ0) is 20.1. The number of hydrogen-bond acceptors (Lipinski definition) is 7. The number of nitrogens with one attached hydrogen (secondary N) is 1. The number of benzene rings is 2. The van der Waals surface area contributed by atoms with Gasteiger partial charge in [-0.25, -0.2) is 4.68 Å². The first kappa shape index (κ1) is 19.8. The van der Waals surface area contributed by atoms with Crippen LogP contribution in [0.1, 0.15) is 0 Å². The molecular weight excluding hydrogens is 402 g/mol. The zero-order valence-electron chi connectivity index (χ0n) is 15.2. The molecule has 0 radical (unpaired) electrons. The number of nitrogen functional groups attached to an aromatic ring is 1. The van der Waals surface area contributed by atoms with E-state index in [1.165, 1.54) is 23.5 Å². The number of amides is 1. The van der Waals surface area contributed by atoms with E-state index in [4.69, 9.17) is 26.9 Å². The molecule has 0 spiro atoms. The summed E-state index contributed by atoms with van der Waals surface area (Å²) in [5.74, 6) is 7.48. The highest BCUT2D eigenvalue weighted by atomic mass is 35.5. The van der Waals surface area contributed by atoms with Crippen LogP contribution < -0.4 is 20.6 Å². The van der Waals surface area contributed by atoms with Crippen molar-refractivity contribution in [3.05, 3.63) is 47.5 Å². The lowest BCUT2D eigenvalue weighted by Gasteiger charge is -2.10. The van der Waals surface area contributed by atoms with Crippen LogP contribution in [0.4, 0.5) is 5.69 Å². The molecule has 3 N–H and O–H groups in total. The first-order valence-corrected chi connectivity index (χ1v) is 9.50. The maximum Gasteiger partial charge on any atom is 0.234 e. The second-order valence-electron chi connectivity index (χ2n) is 5.56. The average molecular weight is 420 g/mol. The van der Waals surface area contributed by atoms with Crippen LogP contribution in [-0.2, 0) is 4.79 Å². The molecule has 1 heterocycles. The van der Waals surface area contributed by atoms with Gasteiger partial charge in [-0.2, -0.15) is 0 Å². The van der Waals surface area contributed by atoms with Crippen molar-refractivity contribution in [3.8, 4) is 22.9 Å². The second kappa shape index (κ2) is 8.85. The number of aromatic nitrogens is 3. The minimum Gasteiger partial charge on any atom is -0.493 e. The standard InChI is InChI=1S/C18H18ClN5O3S/c1-26-14-8-7-11(9-15(14)27-2)21-16(25)10-28-18-23-22-17(24(18)20)12-5-3-4-6-13(12)19/h3-9H,10,20H2,1-2H3,(H,21,25). The molecule has 0 aliphatic heterocycles. The molecular formula is C18H18ClN5O3S. The summed E-state index contributed by atoms with van der Waals surface area (Å²) in [6.45, 7) is 0. The highest BCUT2D eigenvalue weighted by Crippen LogP contribution is 2.30. The Morgan fingerprint density at radius 1 is 1.18 bits per heavy atom. The van der Waals surface area contributed by atoms with Gasteiger partial charge in [0.05, 0.1) is 25.0 Å². The topological polar surface area (TPSA) is 104 Å². The summed E-state index contributed by atoms with van der Waals surface area (Å²) in [4.78, 5) is 12.3. The number of hydrogen-bond donors (Lipinski definition) is 2. The quantitative estimate of drug-likeness (QED) is 0.448. The molecule has 2 aromatic carbocycles. The van der Waals surface area contributed by atoms with Crippen molar-refractivity contribution in [1.29, 1.82) is 0 Å². The number of ether oxygens (including phenoxy) is 2. The van der Waals surface area contributed by atoms with Crippen LogP contribution in [0.3, 0.4) is 0 Å². The van der Waals surface area contributed by atoms with Crippen molar-refractivity contribution in [2.45, 2.75) is 5.16 Å². The molecule has 3 rings (SSSR count). The molecule has 10 heteroatoms. The molecule has 0 bridgehead atoms. The Kier molecular flexibility index (Phi) is 6.27. The van der Waals surface area contributed by atoms with E-state index in [-0.39, 0.29) is 11.7 Å². The van der Waals surface area contributed by atoms with Crippen molar-refractivity contribution < 1.29 is 14.3 Å². The normalized spacial score (nSPS) is 10.5. The predicted octanol–water partition coefficient (Wildman–Crippen LogP) is 3.06. The van der Waals surface area contributed by atoms with Gasteiger partial charge in [0.1, 0.15) is 0 Å². The number of nitrogens with two attached hydrogens (primary N) is 1. The van der Waals surface area contributed by atoms with Crippen LogP contribution in [0.5, 0.6) is 11.5 Å². The largest absolute Gasteiger partial charge is 0.493 e. The summed E-state index contributed by atoms with van der Waals surface area (Å²) < 4.78 is 11.7. The van der Waals surface area contributed by atoms with Gasteiger partial charge in [0.25, 0.3) is 0 Å². The molecule has 1 amide bonds. The van der Waals surface area contributed by atoms with E-state index in [2.05, 4.69) is 15.5 Å². The highest BCUT2D eigenvalue weighted by Gasteiger charge is 2.16. The SMILES string of the molecule is COc1ccc(NC(=O)CSc2nnc(-c3ccccc3Cl)n2N)cc1OC. The Hall–Kier alpha value is -2.91. The van der Waals surface area contributed by atoms with E-state index in [1.54, 1.807) is 37.4 Å². The number of halogens is 1. The third kappa shape index (κ3) is 4.32. The zero-order valence-corrected chi connectivity index (χ0v) is 16.8. The van der Waals surface area contributed by atoms with E-state index in [1.807, 2.05) is 12.1 Å². The van der Waals surface area contributed by atoms with Crippen molar-refractivity contribution in [3.63, 3.8) is 0 Å². The Bertz CT molecular complexity index is 995. The van der Waals surface area contributed by atoms with Crippen LogP contribution in [0.2, 0.25) is 5.02 Å². The number of nitrogens with zero attached hydrogens (tertiary/aromatic N) is 3. The number of anilines is 1. The minimum absolute atomic E-state index is 0.103. The minimum atomic E-state index is -0.223. The first-order valence-electron chi connectivity index (χ1n) is 8.13. The predicted molar refractivity (Wildman–Crippen MR) is 110 cm³/mol. The summed E-state index contributed by atoms with van der Waals surface area (Å²) in [6, 6.07) is 12.3. The molecule has 0 saturated carbocycles. The molecule has 0 fully saturated rings. The van der Waals surface area contributed by atoms with Crippen LogP contribution >= 0.6 is 23.4 Å². The third-order valence-corrected chi connectivity index (χ3v) is 5.05. The lowest BCUT2D eigenvalue weighted by Crippen LogP contribution is -2.16. The molecule has 0 aliphatic rings. The summed E-state index contributed by atoms with van der Waals surface area (Å²) in [7, 11) is 3.08. The van der Waals surface area contributed by atoms with Gasteiger partial charge in [-0.15, -0.1) is 10.2 Å². The van der Waals surface area contributed by atoms with Gasteiger partial charge in [0, 0.05) is 17.3 Å². The number of methoxy groups -OCH3 is 2. The molecule has 1 aromatic heterocycles. The number of thioether (sulfide) groups is 1. The number of carbonyl (C=O) groups is 1. The molecule has 3 aromatic rings. The summed E-state index contributed by atoms with van der Waals surface area (Å²) >= 11 is 7.34. The van der Waals surface area contributed by atoms with E-state index >= 15 is 0 Å². The Morgan fingerprint density at radius 3 is 2.64 bits per heavy atom. The molecule has 0 aliphatic carbocycles. The summed E-state index contributed by atoms with van der Waals surface area (Å²) in [5.41, 5.74) is 1.26. The van der Waals surface area contributed by atoms with Gasteiger partial charge in [-0.1, -0.05) is 35.5 Å². The van der Waals surface area contributed by atoms with Crippen molar-refractivity contribution in [2.24, 2.45) is 0 Å². The van der Waals surface area contributed by atoms with Gasteiger partial charge in [0.2, 0.25) is 11.1 Å². The average Bonchev–Trinajstić information content (AvgIpc) is 3.07. The van der Waals surface area contributed by atoms with Gasteiger partial charge < -0.3 is 20.6 Å². The fourth-order valence-electron chi connectivity index (χ4n) is 2.44. The summed E-state index contributed by atoms with van der Waals surface area (Å²) in [5, 5.41) is 11.8. The maximum atomic E-state index is 12.3. The van der Waals surface area contributed by atoms with Gasteiger partial charge in [0.15, 0.2) is 17.3 Å². The smallest absolute Gasteiger partial charge is 0.234 e. The van der Waals surface area contributed by atoms with Crippen molar-refractivity contribution in [2.75, 3.05) is 31.1 Å². The molecule has 0 unspecified atom stereocenters. The Morgan fingerprint density at radius 2 is 1.93 bits per heavy atom. The lowest BCUT2D eigenvalue weighted by atomic mass is 10.2. The van der Waals surface area contributed by atoms with Gasteiger partial charge >= 0.3 is 0 Å². The van der Waals surface area contributed by atoms with Crippen molar-refractivity contribution in [1.82, 2.24) is 14.9 Å². The molecule has 0 saturated heterocycles. The molecule has 8 nitrogen and oxygen atoms in total. The lowest BCUT2D eigenvalue weighted by molar-refractivity contribution is -0.113. The van der Waals surface area contributed by atoms with Crippen LogP contribution in [-0.4, -0.2) is 40.8 Å². The Labute approximate surface area is 171 Å².